The molecule has 0 bridgehead atoms. The van der Waals surface area contributed by atoms with Crippen LogP contribution >= 0.6 is 0 Å². The van der Waals surface area contributed by atoms with Crippen LogP contribution in [0.3, 0.4) is 0 Å². The highest BCUT2D eigenvalue weighted by molar-refractivity contribution is 5.19. The Labute approximate surface area is 114 Å². The van der Waals surface area contributed by atoms with Crippen LogP contribution in [0.15, 0.2) is 18.2 Å². The zero-order chi connectivity index (χ0) is 14.5. The predicted octanol–water partition coefficient (Wildman–Crippen LogP) is 3.30. The minimum absolute atomic E-state index is 0.177. The lowest BCUT2D eigenvalue weighted by Gasteiger charge is -2.26. The van der Waals surface area contributed by atoms with Crippen LogP contribution in [0.4, 0.5) is 8.78 Å². The average molecular weight is 271 g/mol. The monoisotopic (exact) mass is 271 g/mol. The maximum absolute atomic E-state index is 13.1. The van der Waals surface area contributed by atoms with Crippen molar-refractivity contribution in [3.63, 3.8) is 0 Å². The van der Waals surface area contributed by atoms with Crippen LogP contribution in [0.25, 0.3) is 0 Å². The lowest BCUT2D eigenvalue weighted by Crippen LogP contribution is -2.32. The van der Waals surface area contributed by atoms with Crippen LogP contribution in [0.5, 0.6) is 0 Å². The van der Waals surface area contributed by atoms with Crippen molar-refractivity contribution in [1.82, 2.24) is 5.32 Å². The quantitative estimate of drug-likeness (QED) is 0.821. The number of methoxy groups -OCH3 is 1. The molecule has 0 aliphatic heterocycles. The van der Waals surface area contributed by atoms with Gasteiger partial charge in [-0.1, -0.05) is 0 Å². The van der Waals surface area contributed by atoms with E-state index in [1.807, 2.05) is 20.9 Å². The highest BCUT2D eigenvalue weighted by Crippen LogP contribution is 2.19. The molecular formula is C15H23F2NO. The standard InChI is InChI=1S/C15H23F2NO/c1-15(2,19-4)6-5-14(18-3)9-11-7-12(16)10-13(17)8-11/h7-8,10,14,18H,5-6,9H2,1-4H3. The lowest BCUT2D eigenvalue weighted by atomic mass is 9.95. The second kappa shape index (κ2) is 6.96. The van der Waals surface area contributed by atoms with Gasteiger partial charge in [-0.05, 0) is 57.9 Å². The molecule has 4 heteroatoms. The first-order valence-corrected chi connectivity index (χ1v) is 6.53. The van der Waals surface area contributed by atoms with Crippen LogP contribution in [0.1, 0.15) is 32.3 Å². The molecule has 2 nitrogen and oxygen atoms in total. The van der Waals surface area contributed by atoms with E-state index in [2.05, 4.69) is 5.32 Å². The molecule has 0 spiro atoms. The summed E-state index contributed by atoms with van der Waals surface area (Å²) in [6, 6.07) is 3.84. The van der Waals surface area contributed by atoms with Crippen LogP contribution in [-0.4, -0.2) is 25.8 Å². The van der Waals surface area contributed by atoms with E-state index in [1.165, 1.54) is 12.1 Å². The van der Waals surface area contributed by atoms with Crippen LogP contribution < -0.4 is 5.32 Å². The van der Waals surface area contributed by atoms with Gasteiger partial charge in [0.2, 0.25) is 0 Å². The smallest absolute Gasteiger partial charge is 0.126 e. The third-order valence-corrected chi connectivity index (χ3v) is 3.46. The molecule has 0 saturated carbocycles. The number of halogens is 2. The summed E-state index contributed by atoms with van der Waals surface area (Å²) in [6.07, 6.45) is 2.37. The van der Waals surface area contributed by atoms with Crippen molar-refractivity contribution in [2.45, 2.75) is 44.8 Å². The molecule has 0 aromatic heterocycles. The molecule has 0 aliphatic carbocycles. The SMILES string of the molecule is CNC(CCC(C)(C)OC)Cc1cc(F)cc(F)c1. The Kier molecular flexibility index (Phi) is 5.88. The summed E-state index contributed by atoms with van der Waals surface area (Å²) >= 11 is 0. The first kappa shape index (κ1) is 16.1. The molecule has 19 heavy (non-hydrogen) atoms. The molecular weight excluding hydrogens is 248 g/mol. The maximum Gasteiger partial charge on any atom is 0.126 e. The van der Waals surface area contributed by atoms with Gasteiger partial charge in [0.25, 0.3) is 0 Å². The first-order valence-electron chi connectivity index (χ1n) is 6.53. The fraction of sp³-hybridized carbons (Fsp3) is 0.600. The van der Waals surface area contributed by atoms with Gasteiger partial charge in [-0.2, -0.15) is 0 Å². The zero-order valence-electron chi connectivity index (χ0n) is 12.1. The Bertz CT molecular complexity index is 387. The average Bonchev–Trinajstić information content (AvgIpc) is 2.33. The highest BCUT2D eigenvalue weighted by atomic mass is 19.1. The van der Waals surface area contributed by atoms with Crippen molar-refractivity contribution >= 4 is 0 Å². The molecule has 1 atom stereocenters. The maximum atomic E-state index is 13.1. The van der Waals surface area contributed by atoms with Gasteiger partial charge in [0, 0.05) is 19.2 Å². The van der Waals surface area contributed by atoms with Crippen LogP contribution in [0, 0.1) is 11.6 Å². The van der Waals surface area contributed by atoms with Gasteiger partial charge in [-0.15, -0.1) is 0 Å². The summed E-state index contributed by atoms with van der Waals surface area (Å²) in [5, 5.41) is 3.19. The van der Waals surface area contributed by atoms with Gasteiger partial charge in [-0.25, -0.2) is 8.78 Å². The Morgan fingerprint density at radius 3 is 2.26 bits per heavy atom. The van der Waals surface area contributed by atoms with Crippen molar-refractivity contribution in [2.24, 2.45) is 0 Å². The summed E-state index contributed by atoms with van der Waals surface area (Å²) < 4.78 is 31.6. The van der Waals surface area contributed by atoms with Crippen molar-refractivity contribution in [1.29, 1.82) is 0 Å². The van der Waals surface area contributed by atoms with Crippen molar-refractivity contribution in [3.05, 3.63) is 35.4 Å². The van der Waals surface area contributed by atoms with E-state index in [4.69, 9.17) is 4.74 Å². The second-order valence-corrected chi connectivity index (χ2v) is 5.47. The van der Waals surface area contributed by atoms with E-state index in [0.29, 0.717) is 12.0 Å². The molecule has 0 heterocycles. The molecule has 0 fully saturated rings. The number of rotatable bonds is 7. The minimum atomic E-state index is -0.526. The molecule has 1 unspecified atom stereocenters. The number of likely N-dealkylation sites (N-methyl/N-ethyl adjacent to an activating group) is 1. The van der Waals surface area contributed by atoms with E-state index in [9.17, 15) is 8.78 Å². The van der Waals surface area contributed by atoms with E-state index in [1.54, 1.807) is 7.11 Å². The molecule has 108 valence electrons. The summed E-state index contributed by atoms with van der Waals surface area (Å²) in [5.41, 5.74) is 0.495. The Morgan fingerprint density at radius 1 is 1.21 bits per heavy atom. The molecule has 0 amide bonds. The number of hydrogen-bond acceptors (Lipinski definition) is 2. The first-order chi connectivity index (χ1) is 8.86. The Hall–Kier alpha value is -1.00. The van der Waals surface area contributed by atoms with Gasteiger partial charge < -0.3 is 10.1 Å². The van der Waals surface area contributed by atoms with Crippen molar-refractivity contribution in [2.75, 3.05) is 14.2 Å². The van der Waals surface area contributed by atoms with Gasteiger partial charge in [-0.3, -0.25) is 0 Å². The van der Waals surface area contributed by atoms with E-state index in [0.717, 1.165) is 18.9 Å². The lowest BCUT2D eigenvalue weighted by molar-refractivity contribution is 0.0119. The second-order valence-electron chi connectivity index (χ2n) is 5.47. The van der Waals surface area contributed by atoms with Crippen molar-refractivity contribution in [3.8, 4) is 0 Å². The largest absolute Gasteiger partial charge is 0.379 e. The molecule has 0 aliphatic rings. The fourth-order valence-corrected chi connectivity index (χ4v) is 1.99. The number of benzene rings is 1. The topological polar surface area (TPSA) is 21.3 Å². The van der Waals surface area contributed by atoms with E-state index in [-0.39, 0.29) is 11.6 Å². The summed E-state index contributed by atoms with van der Waals surface area (Å²) in [5.74, 6) is -1.05. The number of nitrogens with one attached hydrogen (secondary N) is 1. The highest BCUT2D eigenvalue weighted by Gasteiger charge is 2.19. The van der Waals surface area contributed by atoms with E-state index >= 15 is 0 Å². The van der Waals surface area contributed by atoms with E-state index < -0.39 is 11.6 Å². The van der Waals surface area contributed by atoms with Crippen LogP contribution in [-0.2, 0) is 11.2 Å². The summed E-state index contributed by atoms with van der Waals surface area (Å²) in [7, 11) is 3.55. The Morgan fingerprint density at radius 2 is 1.79 bits per heavy atom. The third-order valence-electron chi connectivity index (χ3n) is 3.46. The summed E-state index contributed by atoms with van der Waals surface area (Å²) in [4.78, 5) is 0. The number of ether oxygens (including phenoxy) is 1. The molecule has 1 aromatic carbocycles. The normalized spacial score (nSPS) is 13.6. The van der Waals surface area contributed by atoms with Gasteiger partial charge in [0.15, 0.2) is 0 Å². The van der Waals surface area contributed by atoms with Gasteiger partial charge in [0.1, 0.15) is 11.6 Å². The molecule has 1 rings (SSSR count). The molecule has 0 radical (unpaired) electrons. The van der Waals surface area contributed by atoms with Gasteiger partial charge >= 0.3 is 0 Å². The third kappa shape index (κ3) is 5.66. The Balaban J connectivity index is 2.61. The molecule has 1 N–H and O–H groups in total. The minimum Gasteiger partial charge on any atom is -0.379 e. The van der Waals surface area contributed by atoms with Gasteiger partial charge in [0.05, 0.1) is 5.60 Å². The molecule has 0 saturated heterocycles. The van der Waals surface area contributed by atoms with Crippen LogP contribution in [0.2, 0.25) is 0 Å². The molecule has 1 aromatic rings. The van der Waals surface area contributed by atoms with Crippen molar-refractivity contribution < 1.29 is 13.5 Å². The fourth-order valence-electron chi connectivity index (χ4n) is 1.99. The summed E-state index contributed by atoms with van der Waals surface area (Å²) in [6.45, 7) is 4.06. The zero-order valence-corrected chi connectivity index (χ0v) is 12.1. The predicted molar refractivity (Wildman–Crippen MR) is 73.2 cm³/mol. The number of hydrogen-bond donors (Lipinski definition) is 1.